The summed E-state index contributed by atoms with van der Waals surface area (Å²) >= 11 is 0. The second-order valence-electron chi connectivity index (χ2n) is 5.85. The Kier molecular flexibility index (Phi) is 4.83. The van der Waals surface area contributed by atoms with Crippen LogP contribution in [0.4, 0.5) is 11.7 Å². The van der Waals surface area contributed by atoms with Gasteiger partial charge in [-0.05, 0) is 55.5 Å². The number of hydrogen-bond acceptors (Lipinski definition) is 7. The molecule has 8 heteroatoms. The van der Waals surface area contributed by atoms with E-state index in [4.69, 9.17) is 9.15 Å². The summed E-state index contributed by atoms with van der Waals surface area (Å²) in [6.45, 7) is 2.11. The molecule has 0 bridgehead atoms. The molecule has 0 aliphatic rings. The molecule has 0 saturated carbocycles. The molecule has 2 heterocycles. The zero-order chi connectivity index (χ0) is 19.3. The second-order valence-corrected chi connectivity index (χ2v) is 5.85. The van der Waals surface area contributed by atoms with E-state index < -0.39 is 0 Å². The van der Waals surface area contributed by atoms with Crippen molar-refractivity contribution in [1.29, 1.82) is 0 Å². The summed E-state index contributed by atoms with van der Waals surface area (Å²) in [6.07, 6.45) is 5.33. The molecule has 0 saturated heterocycles. The van der Waals surface area contributed by atoms with Crippen LogP contribution in [0.2, 0.25) is 0 Å². The number of imidazole rings is 1. The molecule has 1 N–H and O–H groups in total. The van der Waals surface area contributed by atoms with E-state index in [9.17, 15) is 4.79 Å². The third-order valence-corrected chi connectivity index (χ3v) is 3.99. The third-order valence-electron chi connectivity index (χ3n) is 3.99. The summed E-state index contributed by atoms with van der Waals surface area (Å²) in [6, 6.07) is 14.8. The molecule has 0 aliphatic carbocycles. The lowest BCUT2D eigenvalue weighted by Crippen LogP contribution is -2.04. The summed E-state index contributed by atoms with van der Waals surface area (Å²) in [4.78, 5) is 15.7. The molecule has 140 valence electrons. The Hall–Kier alpha value is -3.94. The molecule has 8 nitrogen and oxygen atoms in total. The Bertz CT molecular complexity index is 1050. The number of rotatable bonds is 6. The predicted molar refractivity (Wildman–Crippen MR) is 103 cm³/mol. The van der Waals surface area contributed by atoms with Crippen molar-refractivity contribution in [2.45, 2.75) is 6.92 Å². The lowest BCUT2D eigenvalue weighted by atomic mass is 10.2. The molecule has 0 spiro atoms. The Morgan fingerprint density at radius 2 is 1.89 bits per heavy atom. The minimum absolute atomic E-state index is 0.262. The first-order valence-electron chi connectivity index (χ1n) is 8.69. The summed E-state index contributed by atoms with van der Waals surface area (Å²) in [5, 5.41) is 11.1. The molecule has 0 aliphatic heterocycles. The van der Waals surface area contributed by atoms with Crippen LogP contribution >= 0.6 is 0 Å². The summed E-state index contributed by atoms with van der Waals surface area (Å²) in [5.74, 6) is 0.0519. The number of aromatic nitrogens is 4. The molecule has 2 aromatic heterocycles. The smallest absolute Gasteiger partial charge is 0.338 e. The highest BCUT2D eigenvalue weighted by Crippen LogP contribution is 2.23. The Balaban J connectivity index is 1.45. The van der Waals surface area contributed by atoms with Gasteiger partial charge >= 0.3 is 12.0 Å². The zero-order valence-corrected chi connectivity index (χ0v) is 15.1. The van der Waals surface area contributed by atoms with Crippen molar-refractivity contribution in [2.75, 3.05) is 11.9 Å². The van der Waals surface area contributed by atoms with Crippen LogP contribution in [0.25, 0.3) is 17.1 Å². The van der Waals surface area contributed by atoms with Crippen LogP contribution in [-0.2, 0) is 4.74 Å². The Labute approximate surface area is 160 Å². The number of carbonyl (C=O) groups is 1. The second kappa shape index (κ2) is 7.75. The number of benzene rings is 2. The monoisotopic (exact) mass is 375 g/mol. The van der Waals surface area contributed by atoms with Gasteiger partial charge in [0.05, 0.1) is 18.5 Å². The van der Waals surface area contributed by atoms with Crippen LogP contribution in [0.3, 0.4) is 0 Å². The molecule has 0 radical (unpaired) electrons. The van der Waals surface area contributed by atoms with Crippen LogP contribution in [0, 0.1) is 0 Å². The normalized spacial score (nSPS) is 10.6. The molecule has 0 atom stereocenters. The number of anilines is 2. The Morgan fingerprint density at radius 3 is 2.57 bits per heavy atom. The molecule has 2 aromatic carbocycles. The fourth-order valence-electron chi connectivity index (χ4n) is 2.61. The molecule has 0 fully saturated rings. The highest BCUT2D eigenvalue weighted by Gasteiger charge is 2.10. The highest BCUT2D eigenvalue weighted by atomic mass is 16.5. The topological polar surface area (TPSA) is 95.1 Å². The summed E-state index contributed by atoms with van der Waals surface area (Å²) < 4.78 is 12.5. The van der Waals surface area contributed by atoms with Crippen molar-refractivity contribution in [2.24, 2.45) is 0 Å². The van der Waals surface area contributed by atoms with Crippen molar-refractivity contribution in [3.63, 3.8) is 0 Å². The van der Waals surface area contributed by atoms with Gasteiger partial charge in [0.1, 0.15) is 0 Å². The molecule has 0 unspecified atom stereocenters. The average molecular weight is 375 g/mol. The maximum Gasteiger partial charge on any atom is 0.338 e. The van der Waals surface area contributed by atoms with E-state index in [0.717, 1.165) is 16.9 Å². The van der Waals surface area contributed by atoms with Crippen LogP contribution in [0.5, 0.6) is 0 Å². The lowest BCUT2D eigenvalue weighted by molar-refractivity contribution is 0.0526. The molecule has 28 heavy (non-hydrogen) atoms. The molecule has 0 amide bonds. The van der Waals surface area contributed by atoms with Crippen LogP contribution in [0.15, 0.2) is 71.7 Å². The lowest BCUT2D eigenvalue weighted by Gasteiger charge is -2.04. The van der Waals surface area contributed by atoms with Gasteiger partial charge < -0.3 is 19.0 Å². The fourth-order valence-corrected chi connectivity index (χ4v) is 2.61. The van der Waals surface area contributed by atoms with Crippen molar-refractivity contribution < 1.29 is 13.9 Å². The largest absolute Gasteiger partial charge is 0.462 e. The minimum atomic E-state index is -0.353. The minimum Gasteiger partial charge on any atom is -0.462 e. The number of nitrogens with one attached hydrogen (secondary N) is 1. The summed E-state index contributed by atoms with van der Waals surface area (Å²) in [7, 11) is 0. The van der Waals surface area contributed by atoms with Gasteiger partial charge in [0.2, 0.25) is 5.89 Å². The average Bonchev–Trinajstić information content (AvgIpc) is 3.41. The van der Waals surface area contributed by atoms with Gasteiger partial charge in [0.25, 0.3) is 0 Å². The number of esters is 1. The summed E-state index contributed by atoms with van der Waals surface area (Å²) in [5.41, 5.74) is 3.00. The molecule has 4 rings (SSSR count). The SMILES string of the molecule is CCOC(=O)c1ccc(Nc2nnc(-c3ccc(-n4ccnc4)cc3)o2)cc1. The van der Waals surface area contributed by atoms with Crippen molar-refractivity contribution in [1.82, 2.24) is 19.7 Å². The number of ether oxygens (including phenoxy) is 1. The van der Waals surface area contributed by atoms with Crippen molar-refractivity contribution in [3.8, 4) is 17.1 Å². The number of carbonyl (C=O) groups excluding carboxylic acids is 1. The standard InChI is InChI=1S/C20H17N5O3/c1-2-27-19(26)15-3-7-16(8-4-15)22-20-24-23-18(28-20)14-5-9-17(10-6-14)25-12-11-21-13-25/h3-13H,2H2,1H3,(H,22,24). The number of nitrogens with zero attached hydrogens (tertiary/aromatic N) is 4. The molecular formula is C20H17N5O3. The van der Waals surface area contributed by atoms with Crippen molar-refractivity contribution >= 4 is 17.7 Å². The maximum absolute atomic E-state index is 11.7. The molecular weight excluding hydrogens is 358 g/mol. The van der Waals surface area contributed by atoms with Crippen molar-refractivity contribution in [3.05, 3.63) is 72.8 Å². The first-order valence-corrected chi connectivity index (χ1v) is 8.69. The van der Waals surface area contributed by atoms with E-state index in [1.54, 1.807) is 43.7 Å². The third kappa shape index (κ3) is 3.75. The van der Waals surface area contributed by atoms with E-state index in [2.05, 4.69) is 20.5 Å². The first-order chi connectivity index (χ1) is 13.7. The van der Waals surface area contributed by atoms with E-state index in [-0.39, 0.29) is 12.0 Å². The van der Waals surface area contributed by atoms with E-state index >= 15 is 0 Å². The number of hydrogen-bond donors (Lipinski definition) is 1. The van der Waals surface area contributed by atoms with Gasteiger partial charge in [0, 0.05) is 29.3 Å². The highest BCUT2D eigenvalue weighted by molar-refractivity contribution is 5.89. The van der Waals surface area contributed by atoms with E-state index in [1.165, 1.54) is 0 Å². The zero-order valence-electron chi connectivity index (χ0n) is 15.1. The quantitative estimate of drug-likeness (QED) is 0.512. The van der Waals surface area contributed by atoms with E-state index in [1.807, 2.05) is 35.0 Å². The van der Waals surface area contributed by atoms with Gasteiger partial charge in [-0.1, -0.05) is 5.10 Å². The van der Waals surface area contributed by atoms with Gasteiger partial charge in [0.15, 0.2) is 0 Å². The van der Waals surface area contributed by atoms with Gasteiger partial charge in [-0.25, -0.2) is 9.78 Å². The van der Waals surface area contributed by atoms with Gasteiger partial charge in [-0.3, -0.25) is 0 Å². The Morgan fingerprint density at radius 1 is 1.11 bits per heavy atom. The van der Waals surface area contributed by atoms with Crippen LogP contribution < -0.4 is 5.32 Å². The first kappa shape index (κ1) is 17.5. The van der Waals surface area contributed by atoms with Gasteiger partial charge in [-0.2, -0.15) is 0 Å². The maximum atomic E-state index is 11.7. The predicted octanol–water partition coefficient (Wildman–Crippen LogP) is 3.84. The van der Waals surface area contributed by atoms with E-state index in [0.29, 0.717) is 18.1 Å². The van der Waals surface area contributed by atoms with Crippen LogP contribution in [-0.4, -0.2) is 32.3 Å². The fraction of sp³-hybridized carbons (Fsp3) is 0.100. The van der Waals surface area contributed by atoms with Crippen LogP contribution in [0.1, 0.15) is 17.3 Å². The van der Waals surface area contributed by atoms with Gasteiger partial charge in [-0.15, -0.1) is 5.10 Å². The molecule has 4 aromatic rings.